The molecule has 0 radical (unpaired) electrons. The van der Waals surface area contributed by atoms with Crippen LogP contribution in [0.2, 0.25) is 0 Å². The quantitative estimate of drug-likeness (QED) is 0.895. The zero-order valence-electron chi connectivity index (χ0n) is 12.8. The summed E-state index contributed by atoms with van der Waals surface area (Å²) in [7, 11) is 1.47. The summed E-state index contributed by atoms with van der Waals surface area (Å²) < 4.78 is 10.2. The van der Waals surface area contributed by atoms with Crippen LogP contribution in [0.4, 0.5) is 9.59 Å². The summed E-state index contributed by atoms with van der Waals surface area (Å²) in [6.45, 7) is 5.37. The van der Waals surface area contributed by atoms with Crippen molar-refractivity contribution in [3.63, 3.8) is 0 Å². The summed E-state index contributed by atoms with van der Waals surface area (Å²) in [5.41, 5.74) is 0.236. The van der Waals surface area contributed by atoms with E-state index < -0.39 is 23.8 Å². The van der Waals surface area contributed by atoms with Crippen LogP contribution in [0, 0.1) is 0 Å². The second kappa shape index (κ2) is 7.52. The highest BCUT2D eigenvalue weighted by Crippen LogP contribution is 2.15. The number of carbonyl (C=O) groups excluding carboxylic acids is 2. The lowest BCUT2D eigenvalue weighted by Crippen LogP contribution is -2.37. The summed E-state index contributed by atoms with van der Waals surface area (Å²) in [6, 6.07) is 8.77. The predicted molar refractivity (Wildman–Crippen MR) is 79.0 cm³/mol. The van der Waals surface area contributed by atoms with Crippen LogP contribution in [0.5, 0.6) is 0 Å². The number of hydrogen-bond donors (Lipinski definition) is 2. The van der Waals surface area contributed by atoms with Gasteiger partial charge < -0.3 is 20.1 Å². The van der Waals surface area contributed by atoms with Gasteiger partial charge in [-0.05, 0) is 26.3 Å². The summed E-state index contributed by atoms with van der Waals surface area (Å²) in [5, 5.41) is 5.06. The van der Waals surface area contributed by atoms with Crippen molar-refractivity contribution in [1.29, 1.82) is 0 Å². The van der Waals surface area contributed by atoms with Gasteiger partial charge in [-0.1, -0.05) is 30.3 Å². The number of carbonyl (C=O) groups is 2. The number of nitrogens with one attached hydrogen (secondary N) is 2. The standard InChI is InChI=1S/C15H22N2O4/c1-15(2,3)21-14(19)17-12(10-20-13(18)16-4)11-8-6-5-7-9-11/h5-9,12H,10H2,1-4H3,(H,16,18)(H,17,19)/t12-/m0/s1. The Kier molecular flexibility index (Phi) is 6.02. The zero-order chi connectivity index (χ0) is 15.9. The minimum atomic E-state index is -0.590. The molecular formula is C15H22N2O4. The molecule has 0 aliphatic heterocycles. The van der Waals surface area contributed by atoms with Crippen LogP contribution < -0.4 is 10.6 Å². The first-order valence-electron chi connectivity index (χ1n) is 6.71. The Balaban J connectivity index is 2.73. The number of benzene rings is 1. The van der Waals surface area contributed by atoms with Crippen molar-refractivity contribution >= 4 is 12.2 Å². The Morgan fingerprint density at radius 1 is 1.14 bits per heavy atom. The molecule has 0 heterocycles. The van der Waals surface area contributed by atoms with Crippen molar-refractivity contribution in [2.45, 2.75) is 32.4 Å². The van der Waals surface area contributed by atoms with Crippen LogP contribution in [0.1, 0.15) is 32.4 Å². The van der Waals surface area contributed by atoms with Crippen LogP contribution in [0.3, 0.4) is 0 Å². The van der Waals surface area contributed by atoms with Crippen molar-refractivity contribution in [1.82, 2.24) is 10.6 Å². The van der Waals surface area contributed by atoms with E-state index in [1.165, 1.54) is 7.05 Å². The normalized spacial score (nSPS) is 12.2. The summed E-state index contributed by atoms with van der Waals surface area (Å²) in [4.78, 5) is 23.1. The summed E-state index contributed by atoms with van der Waals surface area (Å²) >= 11 is 0. The van der Waals surface area contributed by atoms with Crippen molar-refractivity contribution in [3.8, 4) is 0 Å². The highest BCUT2D eigenvalue weighted by atomic mass is 16.6. The number of rotatable bonds is 4. The Bertz CT molecular complexity index is 468. The topological polar surface area (TPSA) is 76.7 Å². The largest absolute Gasteiger partial charge is 0.447 e. The second-order valence-electron chi connectivity index (χ2n) is 5.46. The maximum absolute atomic E-state index is 11.9. The molecule has 2 amide bonds. The molecule has 1 aromatic carbocycles. The van der Waals surface area contributed by atoms with Crippen molar-refractivity contribution < 1.29 is 19.1 Å². The average Bonchev–Trinajstić information content (AvgIpc) is 2.42. The number of amides is 2. The first kappa shape index (κ1) is 16.8. The maximum Gasteiger partial charge on any atom is 0.408 e. The van der Waals surface area contributed by atoms with E-state index in [9.17, 15) is 9.59 Å². The average molecular weight is 294 g/mol. The minimum Gasteiger partial charge on any atom is -0.447 e. The van der Waals surface area contributed by atoms with E-state index in [1.807, 2.05) is 30.3 Å². The van der Waals surface area contributed by atoms with Gasteiger partial charge in [0.05, 0.1) is 6.04 Å². The van der Waals surface area contributed by atoms with E-state index in [-0.39, 0.29) is 6.61 Å². The van der Waals surface area contributed by atoms with E-state index in [0.29, 0.717) is 0 Å². The summed E-state index contributed by atoms with van der Waals surface area (Å²) in [5.74, 6) is 0. The number of ether oxygens (including phenoxy) is 2. The third kappa shape index (κ3) is 6.65. The van der Waals surface area contributed by atoms with Gasteiger partial charge in [-0.2, -0.15) is 0 Å². The molecule has 6 nitrogen and oxygen atoms in total. The van der Waals surface area contributed by atoms with E-state index >= 15 is 0 Å². The van der Waals surface area contributed by atoms with Crippen molar-refractivity contribution in [2.24, 2.45) is 0 Å². The predicted octanol–water partition coefficient (Wildman–Crippen LogP) is 2.61. The van der Waals surface area contributed by atoms with Crippen LogP contribution in [0.15, 0.2) is 30.3 Å². The van der Waals surface area contributed by atoms with Gasteiger partial charge in [0.25, 0.3) is 0 Å². The molecule has 116 valence electrons. The molecule has 0 saturated carbocycles. The molecular weight excluding hydrogens is 272 g/mol. The van der Waals surface area contributed by atoms with E-state index in [1.54, 1.807) is 20.8 Å². The molecule has 0 unspecified atom stereocenters. The molecule has 0 saturated heterocycles. The number of hydrogen-bond acceptors (Lipinski definition) is 4. The first-order chi connectivity index (χ1) is 9.81. The Hall–Kier alpha value is -2.24. The molecule has 0 aliphatic carbocycles. The van der Waals surface area contributed by atoms with Gasteiger partial charge >= 0.3 is 12.2 Å². The molecule has 1 atom stereocenters. The third-order valence-corrected chi connectivity index (χ3v) is 2.48. The molecule has 0 fully saturated rings. The molecule has 0 spiro atoms. The van der Waals surface area contributed by atoms with E-state index in [2.05, 4.69) is 10.6 Å². The monoisotopic (exact) mass is 294 g/mol. The van der Waals surface area contributed by atoms with Crippen LogP contribution in [-0.2, 0) is 9.47 Å². The van der Waals surface area contributed by atoms with Crippen molar-refractivity contribution in [2.75, 3.05) is 13.7 Å². The molecule has 1 rings (SSSR count). The first-order valence-corrected chi connectivity index (χ1v) is 6.71. The fourth-order valence-electron chi connectivity index (χ4n) is 1.59. The Labute approximate surface area is 124 Å². The highest BCUT2D eigenvalue weighted by molar-refractivity contribution is 5.69. The minimum absolute atomic E-state index is 0.0168. The second-order valence-corrected chi connectivity index (χ2v) is 5.46. The Morgan fingerprint density at radius 3 is 2.29 bits per heavy atom. The zero-order valence-corrected chi connectivity index (χ0v) is 12.8. The lowest BCUT2D eigenvalue weighted by molar-refractivity contribution is 0.0471. The third-order valence-electron chi connectivity index (χ3n) is 2.48. The van der Waals surface area contributed by atoms with E-state index in [4.69, 9.17) is 9.47 Å². The van der Waals surface area contributed by atoms with Gasteiger partial charge in [-0.25, -0.2) is 9.59 Å². The molecule has 1 aromatic rings. The van der Waals surface area contributed by atoms with Crippen LogP contribution >= 0.6 is 0 Å². The van der Waals surface area contributed by atoms with Crippen molar-refractivity contribution in [3.05, 3.63) is 35.9 Å². The maximum atomic E-state index is 11.9. The van der Waals surface area contributed by atoms with Gasteiger partial charge in [0.15, 0.2) is 0 Å². The SMILES string of the molecule is CNC(=O)OC[C@H](NC(=O)OC(C)(C)C)c1ccccc1. The Morgan fingerprint density at radius 2 is 1.76 bits per heavy atom. The molecule has 0 bridgehead atoms. The lowest BCUT2D eigenvalue weighted by atomic mass is 10.1. The van der Waals surface area contributed by atoms with Gasteiger partial charge in [0, 0.05) is 7.05 Å². The van der Waals surface area contributed by atoms with Crippen LogP contribution in [0.25, 0.3) is 0 Å². The fraction of sp³-hybridized carbons (Fsp3) is 0.467. The van der Waals surface area contributed by atoms with Gasteiger partial charge in [-0.15, -0.1) is 0 Å². The smallest absolute Gasteiger partial charge is 0.408 e. The van der Waals surface area contributed by atoms with Gasteiger partial charge in [0.2, 0.25) is 0 Å². The summed E-state index contributed by atoms with van der Waals surface area (Å²) in [6.07, 6.45) is -1.11. The van der Waals surface area contributed by atoms with Crippen LogP contribution in [-0.4, -0.2) is 31.4 Å². The molecule has 0 aromatic heterocycles. The van der Waals surface area contributed by atoms with E-state index in [0.717, 1.165) is 5.56 Å². The fourth-order valence-corrected chi connectivity index (χ4v) is 1.59. The molecule has 6 heteroatoms. The van der Waals surface area contributed by atoms with Gasteiger partial charge in [0.1, 0.15) is 12.2 Å². The highest BCUT2D eigenvalue weighted by Gasteiger charge is 2.21. The molecule has 0 aliphatic rings. The number of alkyl carbamates (subject to hydrolysis) is 2. The molecule has 21 heavy (non-hydrogen) atoms. The molecule has 2 N–H and O–H groups in total. The van der Waals surface area contributed by atoms with Gasteiger partial charge in [-0.3, -0.25) is 0 Å². The lowest BCUT2D eigenvalue weighted by Gasteiger charge is -2.23.